The van der Waals surface area contributed by atoms with E-state index < -0.39 is 12.1 Å². The van der Waals surface area contributed by atoms with E-state index in [2.05, 4.69) is 4.98 Å². The van der Waals surface area contributed by atoms with Gasteiger partial charge in [0, 0.05) is 23.7 Å². The molecular weight excluding hydrogens is 432 g/mol. The molecule has 28 heavy (non-hydrogen) atoms. The Morgan fingerprint density at radius 1 is 1.11 bits per heavy atom. The van der Waals surface area contributed by atoms with E-state index in [0.29, 0.717) is 21.5 Å². The van der Waals surface area contributed by atoms with E-state index in [4.69, 9.17) is 23.2 Å². The molecule has 150 valence electrons. The van der Waals surface area contributed by atoms with Gasteiger partial charge in [0.25, 0.3) is 5.91 Å². The maximum Gasteiger partial charge on any atom is 0.391 e. The highest BCUT2D eigenvalue weighted by atomic mass is 35.5. The first-order valence-electron chi connectivity index (χ1n) is 8.64. The van der Waals surface area contributed by atoms with Crippen molar-refractivity contribution >= 4 is 40.9 Å². The molecule has 1 saturated heterocycles. The molecule has 1 aliphatic heterocycles. The van der Waals surface area contributed by atoms with E-state index in [1.165, 1.54) is 16.7 Å². The lowest BCUT2D eigenvalue weighted by Crippen LogP contribution is -2.42. The molecule has 0 N–H and O–H groups in total. The molecule has 1 aromatic heterocycles. The summed E-state index contributed by atoms with van der Waals surface area (Å²) >= 11 is 13.7. The SMILES string of the molecule is O=C(c1cccc(CSc2c(Cl)cccc2Cl)n1)N1CCC(C(F)(F)F)CC1. The van der Waals surface area contributed by atoms with Gasteiger partial charge in [-0.05, 0) is 37.1 Å². The predicted molar refractivity (Wildman–Crippen MR) is 105 cm³/mol. The van der Waals surface area contributed by atoms with E-state index >= 15 is 0 Å². The van der Waals surface area contributed by atoms with Crippen molar-refractivity contribution in [2.45, 2.75) is 29.7 Å². The van der Waals surface area contributed by atoms with Crippen molar-refractivity contribution in [3.63, 3.8) is 0 Å². The molecule has 0 unspecified atom stereocenters. The van der Waals surface area contributed by atoms with Gasteiger partial charge in [0.15, 0.2) is 0 Å². The van der Waals surface area contributed by atoms with Gasteiger partial charge in [0.2, 0.25) is 0 Å². The van der Waals surface area contributed by atoms with Gasteiger partial charge in [-0.25, -0.2) is 4.98 Å². The summed E-state index contributed by atoms with van der Waals surface area (Å²) in [5, 5.41) is 1.08. The van der Waals surface area contributed by atoms with Gasteiger partial charge in [-0.1, -0.05) is 35.3 Å². The lowest BCUT2D eigenvalue weighted by atomic mass is 9.96. The van der Waals surface area contributed by atoms with Crippen LogP contribution in [0.15, 0.2) is 41.3 Å². The zero-order valence-electron chi connectivity index (χ0n) is 14.7. The molecule has 1 aliphatic rings. The van der Waals surface area contributed by atoms with Crippen LogP contribution in [0.2, 0.25) is 10.0 Å². The van der Waals surface area contributed by atoms with Crippen molar-refractivity contribution in [3.8, 4) is 0 Å². The van der Waals surface area contributed by atoms with Crippen molar-refractivity contribution in [2.24, 2.45) is 5.92 Å². The summed E-state index contributed by atoms with van der Waals surface area (Å²) in [6.07, 6.45) is -4.35. The number of benzene rings is 1. The zero-order chi connectivity index (χ0) is 20.3. The number of nitrogens with zero attached hydrogens (tertiary/aromatic N) is 2. The number of pyridine rings is 1. The largest absolute Gasteiger partial charge is 0.391 e. The summed E-state index contributed by atoms with van der Waals surface area (Å²) in [4.78, 5) is 19.2. The van der Waals surface area contributed by atoms with Crippen LogP contribution in [-0.2, 0) is 5.75 Å². The van der Waals surface area contributed by atoms with Gasteiger partial charge in [0.1, 0.15) is 5.69 Å². The quantitative estimate of drug-likeness (QED) is 0.530. The number of hydrogen-bond acceptors (Lipinski definition) is 3. The van der Waals surface area contributed by atoms with Crippen LogP contribution in [0, 0.1) is 5.92 Å². The number of amides is 1. The number of rotatable bonds is 4. The number of carbonyl (C=O) groups is 1. The summed E-state index contributed by atoms with van der Waals surface area (Å²) in [7, 11) is 0. The Hall–Kier alpha value is -1.44. The Kier molecular flexibility index (Phi) is 6.78. The molecule has 0 saturated carbocycles. The number of thioether (sulfide) groups is 1. The highest BCUT2D eigenvalue weighted by Gasteiger charge is 2.41. The summed E-state index contributed by atoms with van der Waals surface area (Å²) < 4.78 is 38.4. The minimum Gasteiger partial charge on any atom is -0.337 e. The third-order valence-electron chi connectivity index (χ3n) is 4.55. The molecule has 0 spiro atoms. The number of hydrogen-bond donors (Lipinski definition) is 0. The fourth-order valence-electron chi connectivity index (χ4n) is 3.02. The van der Waals surface area contributed by atoms with Crippen molar-refractivity contribution in [3.05, 3.63) is 57.8 Å². The van der Waals surface area contributed by atoms with Crippen LogP contribution in [-0.4, -0.2) is 35.1 Å². The van der Waals surface area contributed by atoms with Crippen molar-refractivity contribution < 1.29 is 18.0 Å². The Labute approximate surface area is 175 Å². The Bertz CT molecular complexity index is 835. The minimum absolute atomic E-state index is 0.0736. The number of alkyl halides is 3. The van der Waals surface area contributed by atoms with Crippen molar-refractivity contribution in [1.29, 1.82) is 0 Å². The number of aromatic nitrogens is 1. The number of piperidine rings is 1. The normalized spacial score (nSPS) is 15.7. The van der Waals surface area contributed by atoms with E-state index in [-0.39, 0.29) is 37.5 Å². The predicted octanol–water partition coefficient (Wildman–Crippen LogP) is 6.10. The molecule has 0 atom stereocenters. The van der Waals surface area contributed by atoms with E-state index in [9.17, 15) is 18.0 Å². The number of halogens is 5. The fraction of sp³-hybridized carbons (Fsp3) is 0.368. The van der Waals surface area contributed by atoms with E-state index in [0.717, 1.165) is 4.90 Å². The molecule has 0 bridgehead atoms. The van der Waals surface area contributed by atoms with Crippen LogP contribution < -0.4 is 0 Å². The Morgan fingerprint density at radius 3 is 2.32 bits per heavy atom. The van der Waals surface area contributed by atoms with Crippen LogP contribution in [0.3, 0.4) is 0 Å². The second-order valence-electron chi connectivity index (χ2n) is 6.46. The van der Waals surface area contributed by atoms with E-state index in [1.54, 1.807) is 36.4 Å². The van der Waals surface area contributed by atoms with Crippen molar-refractivity contribution in [1.82, 2.24) is 9.88 Å². The highest BCUT2D eigenvalue weighted by molar-refractivity contribution is 7.98. The highest BCUT2D eigenvalue weighted by Crippen LogP contribution is 2.36. The fourth-order valence-corrected chi connectivity index (χ4v) is 4.61. The maximum absolute atomic E-state index is 12.8. The molecule has 9 heteroatoms. The lowest BCUT2D eigenvalue weighted by molar-refractivity contribution is -0.183. The third-order valence-corrected chi connectivity index (χ3v) is 6.58. The molecule has 1 fully saturated rings. The molecule has 1 aromatic carbocycles. The summed E-state index contributed by atoms with van der Waals surface area (Å²) in [5.74, 6) is -1.23. The van der Waals surface area contributed by atoms with Crippen LogP contribution >= 0.6 is 35.0 Å². The van der Waals surface area contributed by atoms with Crippen LogP contribution in [0.5, 0.6) is 0 Å². The molecule has 0 aliphatic carbocycles. The Morgan fingerprint density at radius 2 is 1.71 bits per heavy atom. The molecule has 2 aromatic rings. The first-order valence-corrected chi connectivity index (χ1v) is 10.4. The van der Waals surface area contributed by atoms with Crippen LogP contribution in [0.4, 0.5) is 13.2 Å². The summed E-state index contributed by atoms with van der Waals surface area (Å²) in [6.45, 7) is 0.164. The lowest BCUT2D eigenvalue weighted by Gasteiger charge is -2.32. The average Bonchev–Trinajstić information content (AvgIpc) is 2.67. The van der Waals surface area contributed by atoms with Gasteiger partial charge in [-0.2, -0.15) is 13.2 Å². The second-order valence-corrected chi connectivity index (χ2v) is 8.26. The van der Waals surface area contributed by atoms with Gasteiger partial charge in [-0.3, -0.25) is 4.79 Å². The van der Waals surface area contributed by atoms with E-state index in [1.807, 2.05) is 0 Å². The van der Waals surface area contributed by atoms with Crippen LogP contribution in [0.1, 0.15) is 29.0 Å². The molecule has 2 heterocycles. The first kappa shape index (κ1) is 21.3. The van der Waals surface area contributed by atoms with Crippen molar-refractivity contribution in [2.75, 3.05) is 13.1 Å². The smallest absolute Gasteiger partial charge is 0.337 e. The molecule has 3 nitrogen and oxygen atoms in total. The standard InChI is InChI=1S/C19H17Cl2F3N2OS/c20-14-4-2-5-15(21)17(14)28-11-13-3-1-6-16(25-13)18(27)26-9-7-12(8-10-26)19(22,23)24/h1-6,12H,7-11H2. The molecule has 1 amide bonds. The molecule has 0 radical (unpaired) electrons. The molecule has 3 rings (SSSR count). The topological polar surface area (TPSA) is 33.2 Å². The number of carbonyl (C=O) groups excluding carboxylic acids is 1. The van der Waals surface area contributed by atoms with Gasteiger partial charge < -0.3 is 4.90 Å². The van der Waals surface area contributed by atoms with Crippen LogP contribution in [0.25, 0.3) is 0 Å². The average molecular weight is 449 g/mol. The minimum atomic E-state index is -4.20. The summed E-state index contributed by atoms with van der Waals surface area (Å²) in [5.41, 5.74) is 0.894. The van der Waals surface area contributed by atoms with Gasteiger partial charge in [-0.15, -0.1) is 11.8 Å². The number of likely N-dealkylation sites (tertiary alicyclic amines) is 1. The van der Waals surface area contributed by atoms with Gasteiger partial charge >= 0.3 is 6.18 Å². The third kappa shape index (κ3) is 5.13. The molecular formula is C19H17Cl2F3N2OS. The zero-order valence-corrected chi connectivity index (χ0v) is 17.0. The summed E-state index contributed by atoms with van der Waals surface area (Å²) in [6, 6.07) is 10.3. The second kappa shape index (κ2) is 8.93. The van der Waals surface area contributed by atoms with Gasteiger partial charge in [0.05, 0.1) is 21.7 Å². The first-order chi connectivity index (χ1) is 13.3. The monoisotopic (exact) mass is 448 g/mol. The Balaban J connectivity index is 1.64. The maximum atomic E-state index is 12.8.